The van der Waals surface area contributed by atoms with Crippen molar-refractivity contribution >= 4 is 16.9 Å². The SMILES string of the molecule is Cc1cc(C)c2c(=O)c3c(oc2c1)C(=O)N(CCO)[C@@H]3c1ccccc1F. The topological polar surface area (TPSA) is 70.8 Å². The normalized spacial score (nSPS) is 16.2. The van der Waals surface area contributed by atoms with E-state index in [4.69, 9.17) is 4.42 Å². The highest BCUT2D eigenvalue weighted by Crippen LogP contribution is 2.39. The molecule has 1 atom stereocenters. The lowest BCUT2D eigenvalue weighted by atomic mass is 9.96. The van der Waals surface area contributed by atoms with E-state index in [1.54, 1.807) is 31.2 Å². The van der Waals surface area contributed by atoms with Crippen LogP contribution >= 0.6 is 0 Å². The lowest BCUT2D eigenvalue weighted by Gasteiger charge is -2.24. The fourth-order valence-corrected chi connectivity index (χ4v) is 3.87. The Morgan fingerprint density at radius 3 is 2.63 bits per heavy atom. The molecular formula is C21H18FNO4. The van der Waals surface area contributed by atoms with Crippen LogP contribution in [0.2, 0.25) is 0 Å². The Bertz CT molecular complexity index is 1130. The summed E-state index contributed by atoms with van der Waals surface area (Å²) < 4.78 is 20.4. The molecule has 0 aliphatic carbocycles. The zero-order valence-corrected chi connectivity index (χ0v) is 15.0. The van der Waals surface area contributed by atoms with E-state index in [1.807, 2.05) is 13.0 Å². The number of aliphatic hydroxyl groups is 1. The van der Waals surface area contributed by atoms with Gasteiger partial charge in [0.05, 0.1) is 23.6 Å². The van der Waals surface area contributed by atoms with Crippen LogP contribution in [-0.2, 0) is 0 Å². The van der Waals surface area contributed by atoms with Crippen LogP contribution in [0.5, 0.6) is 0 Å². The highest BCUT2D eigenvalue weighted by molar-refractivity contribution is 5.99. The molecule has 0 fully saturated rings. The molecule has 27 heavy (non-hydrogen) atoms. The molecule has 5 nitrogen and oxygen atoms in total. The summed E-state index contributed by atoms with van der Waals surface area (Å²) in [6.07, 6.45) is 0. The quantitative estimate of drug-likeness (QED) is 0.772. The van der Waals surface area contributed by atoms with Crippen molar-refractivity contribution in [2.24, 2.45) is 0 Å². The first-order chi connectivity index (χ1) is 12.9. The van der Waals surface area contributed by atoms with Crippen LogP contribution in [0.3, 0.4) is 0 Å². The van der Waals surface area contributed by atoms with Crippen LogP contribution in [0, 0.1) is 19.7 Å². The van der Waals surface area contributed by atoms with Crippen LogP contribution < -0.4 is 5.43 Å². The van der Waals surface area contributed by atoms with Gasteiger partial charge < -0.3 is 14.4 Å². The van der Waals surface area contributed by atoms with Gasteiger partial charge in [0.1, 0.15) is 11.4 Å². The maximum Gasteiger partial charge on any atom is 0.290 e. The van der Waals surface area contributed by atoms with Crippen molar-refractivity contribution in [3.8, 4) is 0 Å². The number of nitrogens with zero attached hydrogens (tertiary/aromatic N) is 1. The molecule has 1 aliphatic heterocycles. The molecule has 0 spiro atoms. The monoisotopic (exact) mass is 367 g/mol. The number of β-amino-alcohol motifs (C(OH)–C–C–N with tert-alkyl or cyclic N) is 1. The minimum absolute atomic E-state index is 0.0319. The number of carbonyl (C=O) groups is 1. The van der Waals surface area contributed by atoms with E-state index in [2.05, 4.69) is 0 Å². The predicted molar refractivity (Wildman–Crippen MR) is 98.3 cm³/mol. The second kappa shape index (κ2) is 6.32. The number of aliphatic hydroxyl groups excluding tert-OH is 1. The van der Waals surface area contributed by atoms with Gasteiger partial charge in [-0.1, -0.05) is 24.3 Å². The number of halogens is 1. The van der Waals surface area contributed by atoms with E-state index in [0.29, 0.717) is 11.0 Å². The Balaban J connectivity index is 2.08. The molecule has 1 aliphatic rings. The van der Waals surface area contributed by atoms with Crippen molar-refractivity contribution in [3.63, 3.8) is 0 Å². The smallest absolute Gasteiger partial charge is 0.290 e. The fourth-order valence-electron chi connectivity index (χ4n) is 3.87. The molecule has 138 valence electrons. The third kappa shape index (κ3) is 2.56. The zero-order chi connectivity index (χ0) is 19.3. The number of aryl methyl sites for hydroxylation is 2. The van der Waals surface area contributed by atoms with Crippen molar-refractivity contribution in [3.05, 3.63) is 80.5 Å². The van der Waals surface area contributed by atoms with Gasteiger partial charge >= 0.3 is 0 Å². The summed E-state index contributed by atoms with van der Waals surface area (Å²) in [5, 5.41) is 9.79. The number of amides is 1. The number of rotatable bonds is 3. The van der Waals surface area contributed by atoms with Crippen molar-refractivity contribution in [2.75, 3.05) is 13.2 Å². The standard InChI is InChI=1S/C21H18FNO4/c1-11-9-12(2)16-15(10-11)27-20-17(19(16)25)18(23(7-8-24)21(20)26)13-5-3-4-6-14(13)22/h3-6,9-10,18,24H,7-8H2,1-2H3/t18-/m1/s1. The molecular weight excluding hydrogens is 349 g/mol. The van der Waals surface area contributed by atoms with Gasteiger partial charge in [0.15, 0.2) is 5.43 Å². The van der Waals surface area contributed by atoms with Crippen LogP contribution in [0.4, 0.5) is 4.39 Å². The van der Waals surface area contributed by atoms with Crippen LogP contribution in [-0.4, -0.2) is 29.1 Å². The lowest BCUT2D eigenvalue weighted by Crippen LogP contribution is -2.32. The molecule has 2 heterocycles. The third-order valence-electron chi connectivity index (χ3n) is 4.95. The second-order valence-corrected chi connectivity index (χ2v) is 6.78. The molecule has 0 saturated carbocycles. The second-order valence-electron chi connectivity index (χ2n) is 6.78. The molecule has 1 aromatic heterocycles. The van der Waals surface area contributed by atoms with Crippen LogP contribution in [0.1, 0.15) is 38.9 Å². The van der Waals surface area contributed by atoms with Gasteiger partial charge in [-0.15, -0.1) is 0 Å². The van der Waals surface area contributed by atoms with Gasteiger partial charge in [0, 0.05) is 12.1 Å². The molecule has 0 saturated heterocycles. The molecule has 0 unspecified atom stereocenters. The van der Waals surface area contributed by atoms with E-state index >= 15 is 0 Å². The predicted octanol–water partition coefficient (Wildman–Crippen LogP) is 3.09. The summed E-state index contributed by atoms with van der Waals surface area (Å²) in [6.45, 7) is 3.34. The Hall–Kier alpha value is -2.99. The first kappa shape index (κ1) is 17.4. The van der Waals surface area contributed by atoms with Crippen molar-refractivity contribution in [1.82, 2.24) is 4.90 Å². The average molecular weight is 367 g/mol. The van der Waals surface area contributed by atoms with E-state index in [-0.39, 0.29) is 35.5 Å². The molecule has 1 N–H and O–H groups in total. The Kier molecular flexibility index (Phi) is 4.08. The van der Waals surface area contributed by atoms with Gasteiger partial charge in [-0.3, -0.25) is 9.59 Å². The molecule has 1 amide bonds. The first-order valence-electron chi connectivity index (χ1n) is 8.68. The number of benzene rings is 2. The number of hydrogen-bond donors (Lipinski definition) is 1. The molecule has 2 aromatic carbocycles. The highest BCUT2D eigenvalue weighted by Gasteiger charge is 2.43. The van der Waals surface area contributed by atoms with E-state index in [9.17, 15) is 19.1 Å². The van der Waals surface area contributed by atoms with Gasteiger partial charge in [-0.25, -0.2) is 4.39 Å². The third-order valence-corrected chi connectivity index (χ3v) is 4.95. The van der Waals surface area contributed by atoms with Gasteiger partial charge in [-0.05, 0) is 37.1 Å². The largest absolute Gasteiger partial charge is 0.450 e. The Morgan fingerprint density at radius 2 is 1.93 bits per heavy atom. The van der Waals surface area contributed by atoms with Gasteiger partial charge in [-0.2, -0.15) is 0 Å². The van der Waals surface area contributed by atoms with Crippen molar-refractivity contribution in [2.45, 2.75) is 19.9 Å². The van der Waals surface area contributed by atoms with E-state index in [1.165, 1.54) is 11.0 Å². The minimum atomic E-state index is -0.929. The van der Waals surface area contributed by atoms with Gasteiger partial charge in [0.25, 0.3) is 5.91 Å². The first-order valence-corrected chi connectivity index (χ1v) is 8.68. The fraction of sp³-hybridized carbons (Fsp3) is 0.238. The molecule has 0 radical (unpaired) electrons. The summed E-state index contributed by atoms with van der Waals surface area (Å²) in [6, 6.07) is 8.67. The number of hydrogen-bond acceptors (Lipinski definition) is 4. The van der Waals surface area contributed by atoms with E-state index in [0.717, 1.165) is 11.1 Å². The number of fused-ring (bicyclic) bond motifs is 2. The summed E-state index contributed by atoms with van der Waals surface area (Å²) in [7, 11) is 0. The lowest BCUT2D eigenvalue weighted by molar-refractivity contribution is 0.0689. The summed E-state index contributed by atoms with van der Waals surface area (Å²) in [5.41, 5.74) is 1.97. The van der Waals surface area contributed by atoms with Crippen LogP contribution in [0.25, 0.3) is 11.0 Å². The van der Waals surface area contributed by atoms with E-state index < -0.39 is 17.8 Å². The summed E-state index contributed by atoms with van der Waals surface area (Å²) >= 11 is 0. The maximum atomic E-state index is 14.5. The van der Waals surface area contributed by atoms with Gasteiger partial charge in [0.2, 0.25) is 5.76 Å². The summed E-state index contributed by atoms with van der Waals surface area (Å²) in [5.74, 6) is -1.13. The molecule has 3 aromatic rings. The Morgan fingerprint density at radius 1 is 1.19 bits per heavy atom. The zero-order valence-electron chi connectivity index (χ0n) is 15.0. The highest BCUT2D eigenvalue weighted by atomic mass is 19.1. The summed E-state index contributed by atoms with van der Waals surface area (Å²) in [4.78, 5) is 27.5. The minimum Gasteiger partial charge on any atom is -0.450 e. The van der Waals surface area contributed by atoms with Crippen LogP contribution in [0.15, 0.2) is 45.6 Å². The molecule has 6 heteroatoms. The van der Waals surface area contributed by atoms with Crippen molar-refractivity contribution < 1.29 is 18.7 Å². The maximum absolute atomic E-state index is 14.5. The number of carbonyl (C=O) groups excluding carboxylic acids is 1. The Labute approximate surface area is 154 Å². The average Bonchev–Trinajstić information content (AvgIpc) is 2.88. The molecule has 4 rings (SSSR count). The van der Waals surface area contributed by atoms with Crippen molar-refractivity contribution in [1.29, 1.82) is 0 Å². The molecule has 0 bridgehead atoms.